The van der Waals surface area contributed by atoms with E-state index < -0.39 is 24.0 Å². The van der Waals surface area contributed by atoms with Crippen LogP contribution in [0.3, 0.4) is 0 Å². The monoisotopic (exact) mass is 480 g/mol. The highest BCUT2D eigenvalue weighted by Crippen LogP contribution is 2.44. The molecule has 2 aromatic rings. The Balaban J connectivity index is 1.61. The lowest BCUT2D eigenvalue weighted by Crippen LogP contribution is -2.45. The number of ether oxygens (including phenoxy) is 1. The average molecular weight is 481 g/mol. The van der Waals surface area contributed by atoms with Gasteiger partial charge in [0.1, 0.15) is 6.61 Å². The predicted molar refractivity (Wildman–Crippen MR) is 135 cm³/mol. The lowest BCUT2D eigenvalue weighted by atomic mass is 9.84. The Morgan fingerprint density at radius 3 is 2.09 bits per heavy atom. The Morgan fingerprint density at radius 1 is 1.00 bits per heavy atom. The van der Waals surface area contributed by atoms with E-state index in [0.29, 0.717) is 12.8 Å². The third kappa shape index (κ3) is 7.07. The van der Waals surface area contributed by atoms with Gasteiger partial charge in [0.15, 0.2) is 0 Å². The summed E-state index contributed by atoms with van der Waals surface area (Å²) in [6.07, 6.45) is 0.340. The summed E-state index contributed by atoms with van der Waals surface area (Å²) in [7, 11) is 0. The Labute approximate surface area is 207 Å². The van der Waals surface area contributed by atoms with Gasteiger partial charge in [-0.25, -0.2) is 4.79 Å². The number of carboxylic acid groups (broad SMARTS) is 1. The highest BCUT2D eigenvalue weighted by Gasteiger charge is 2.30. The highest BCUT2D eigenvalue weighted by molar-refractivity contribution is 5.81. The number of rotatable bonds is 10. The van der Waals surface area contributed by atoms with Crippen molar-refractivity contribution in [2.75, 3.05) is 13.2 Å². The Bertz CT molecular complexity index is 1010. The normalized spacial score (nSPS) is 14.4. The molecule has 35 heavy (non-hydrogen) atoms. The molecule has 1 aliphatic carbocycles. The summed E-state index contributed by atoms with van der Waals surface area (Å²) in [4.78, 5) is 36.6. The van der Waals surface area contributed by atoms with Crippen LogP contribution >= 0.6 is 0 Å². The van der Waals surface area contributed by atoms with E-state index in [1.54, 1.807) is 0 Å². The van der Waals surface area contributed by atoms with Crippen LogP contribution in [-0.2, 0) is 14.3 Å². The van der Waals surface area contributed by atoms with Crippen LogP contribution in [0.25, 0.3) is 11.1 Å². The number of aliphatic carboxylic acids is 1. The molecule has 0 fully saturated rings. The molecule has 188 valence electrons. The second kappa shape index (κ2) is 11.4. The van der Waals surface area contributed by atoms with Gasteiger partial charge in [-0.1, -0.05) is 76.2 Å². The van der Waals surface area contributed by atoms with Crippen molar-refractivity contribution in [1.82, 2.24) is 10.6 Å². The minimum absolute atomic E-state index is 0.0387. The number of carbonyl (C=O) groups is 3. The minimum atomic E-state index is -0.957. The fourth-order valence-electron chi connectivity index (χ4n) is 4.68. The van der Waals surface area contributed by atoms with Gasteiger partial charge in [0.25, 0.3) is 0 Å². The van der Waals surface area contributed by atoms with E-state index in [0.717, 1.165) is 22.3 Å². The zero-order chi connectivity index (χ0) is 25.6. The van der Waals surface area contributed by atoms with Gasteiger partial charge in [-0.3, -0.25) is 9.59 Å². The Hall–Kier alpha value is -3.35. The number of carboxylic acids is 1. The number of amides is 2. The van der Waals surface area contributed by atoms with E-state index in [2.05, 4.69) is 34.9 Å². The summed E-state index contributed by atoms with van der Waals surface area (Å²) in [5.74, 6) is -1.75. The van der Waals surface area contributed by atoms with Crippen molar-refractivity contribution in [1.29, 1.82) is 0 Å². The van der Waals surface area contributed by atoms with Crippen LogP contribution in [0.1, 0.15) is 64.0 Å². The molecule has 2 aromatic carbocycles. The van der Waals surface area contributed by atoms with Crippen molar-refractivity contribution < 1.29 is 24.2 Å². The molecule has 7 nitrogen and oxygen atoms in total. The van der Waals surface area contributed by atoms with Crippen molar-refractivity contribution in [3.63, 3.8) is 0 Å². The summed E-state index contributed by atoms with van der Waals surface area (Å²) in [6, 6.07) is 15.8. The zero-order valence-corrected chi connectivity index (χ0v) is 21.0. The predicted octanol–water partition coefficient (Wildman–Crippen LogP) is 4.95. The van der Waals surface area contributed by atoms with Gasteiger partial charge in [-0.05, 0) is 40.5 Å². The van der Waals surface area contributed by atoms with Gasteiger partial charge in [0.2, 0.25) is 5.91 Å². The first-order chi connectivity index (χ1) is 16.6. The Kier molecular flexibility index (Phi) is 8.54. The topological polar surface area (TPSA) is 105 Å². The van der Waals surface area contributed by atoms with Crippen LogP contribution in [0, 0.1) is 11.3 Å². The summed E-state index contributed by atoms with van der Waals surface area (Å²) in [6.45, 7) is 8.22. The average Bonchev–Trinajstić information content (AvgIpc) is 3.12. The van der Waals surface area contributed by atoms with Gasteiger partial charge in [-0.2, -0.15) is 0 Å². The van der Waals surface area contributed by atoms with Gasteiger partial charge in [-0.15, -0.1) is 0 Å². The molecule has 3 N–H and O–H groups in total. The van der Waals surface area contributed by atoms with Crippen molar-refractivity contribution >= 4 is 18.0 Å². The first kappa shape index (κ1) is 26.3. The van der Waals surface area contributed by atoms with Crippen molar-refractivity contribution in [3.8, 4) is 11.1 Å². The van der Waals surface area contributed by atoms with Crippen molar-refractivity contribution in [2.24, 2.45) is 11.3 Å². The minimum Gasteiger partial charge on any atom is -0.481 e. The largest absolute Gasteiger partial charge is 0.481 e. The smallest absolute Gasteiger partial charge is 0.407 e. The van der Waals surface area contributed by atoms with E-state index in [1.807, 2.05) is 52.0 Å². The van der Waals surface area contributed by atoms with Gasteiger partial charge >= 0.3 is 12.1 Å². The standard InChI is InChI=1S/C28H36N2O5/c1-5-19(14-25(31)32)30-26(33)18(15-28(2,3)4)16-29-27(34)35-17-24-22-12-8-6-10-20(22)21-11-7-9-13-23(21)24/h6-13,18-19,24H,5,14-17H2,1-4H3,(H,29,34)(H,30,33)(H,31,32)/t18?,19-/m0/s1. The van der Waals surface area contributed by atoms with Crippen LogP contribution in [0.4, 0.5) is 4.79 Å². The number of fused-ring (bicyclic) bond motifs is 3. The third-order valence-electron chi connectivity index (χ3n) is 6.33. The van der Waals surface area contributed by atoms with Crippen LogP contribution in [0.2, 0.25) is 0 Å². The van der Waals surface area contributed by atoms with Crippen LogP contribution in [0.5, 0.6) is 0 Å². The van der Waals surface area contributed by atoms with Crippen LogP contribution in [0.15, 0.2) is 48.5 Å². The summed E-state index contributed by atoms with van der Waals surface area (Å²) < 4.78 is 5.60. The molecule has 0 spiro atoms. The van der Waals surface area contributed by atoms with E-state index in [9.17, 15) is 14.4 Å². The fourth-order valence-corrected chi connectivity index (χ4v) is 4.68. The summed E-state index contributed by atoms with van der Waals surface area (Å²) >= 11 is 0. The van der Waals surface area contributed by atoms with Gasteiger partial charge in [0.05, 0.1) is 12.3 Å². The second-order valence-corrected chi connectivity index (χ2v) is 10.4. The maximum absolute atomic E-state index is 12.9. The quantitative estimate of drug-likeness (QED) is 0.446. The van der Waals surface area contributed by atoms with E-state index >= 15 is 0 Å². The molecule has 3 rings (SSSR count). The first-order valence-corrected chi connectivity index (χ1v) is 12.2. The highest BCUT2D eigenvalue weighted by atomic mass is 16.5. The lowest BCUT2D eigenvalue weighted by Gasteiger charge is -2.27. The molecule has 0 radical (unpaired) electrons. The molecule has 1 aliphatic rings. The van der Waals surface area contributed by atoms with Crippen molar-refractivity contribution in [3.05, 3.63) is 59.7 Å². The molecule has 0 saturated carbocycles. The number of benzene rings is 2. The van der Waals surface area contributed by atoms with Gasteiger partial charge in [0, 0.05) is 18.5 Å². The molecule has 0 aromatic heterocycles. The first-order valence-electron chi connectivity index (χ1n) is 12.2. The number of hydrogen-bond donors (Lipinski definition) is 3. The molecular weight excluding hydrogens is 444 g/mol. The molecule has 0 bridgehead atoms. The number of hydrogen-bond acceptors (Lipinski definition) is 4. The molecule has 2 atom stereocenters. The van der Waals surface area contributed by atoms with E-state index in [4.69, 9.17) is 9.84 Å². The molecular formula is C28H36N2O5. The van der Waals surface area contributed by atoms with E-state index in [-0.39, 0.29) is 36.8 Å². The van der Waals surface area contributed by atoms with Crippen LogP contribution in [-0.4, -0.2) is 42.3 Å². The van der Waals surface area contributed by atoms with E-state index in [1.165, 1.54) is 0 Å². The molecule has 0 heterocycles. The summed E-state index contributed by atoms with van der Waals surface area (Å²) in [5, 5.41) is 14.7. The molecule has 0 aliphatic heterocycles. The van der Waals surface area contributed by atoms with Crippen molar-refractivity contribution in [2.45, 2.75) is 58.9 Å². The summed E-state index contributed by atoms with van der Waals surface area (Å²) in [5.41, 5.74) is 4.43. The molecule has 2 amide bonds. The Morgan fingerprint density at radius 2 is 1.57 bits per heavy atom. The third-order valence-corrected chi connectivity index (χ3v) is 6.33. The maximum atomic E-state index is 12.9. The second-order valence-electron chi connectivity index (χ2n) is 10.4. The fraction of sp³-hybridized carbons (Fsp3) is 0.464. The zero-order valence-electron chi connectivity index (χ0n) is 21.0. The molecule has 0 saturated heterocycles. The van der Waals surface area contributed by atoms with Crippen LogP contribution < -0.4 is 10.6 Å². The number of nitrogens with one attached hydrogen (secondary N) is 2. The van der Waals surface area contributed by atoms with Gasteiger partial charge < -0.3 is 20.5 Å². The number of carbonyl (C=O) groups excluding carboxylic acids is 2. The lowest BCUT2D eigenvalue weighted by molar-refractivity contribution is -0.137. The molecule has 7 heteroatoms. The number of alkyl carbamates (subject to hydrolysis) is 1. The molecule has 1 unspecified atom stereocenters. The maximum Gasteiger partial charge on any atom is 0.407 e. The SMILES string of the molecule is CC[C@@H](CC(=O)O)NC(=O)C(CNC(=O)OCC1c2ccccc2-c2ccccc21)CC(C)(C)C.